The van der Waals surface area contributed by atoms with Gasteiger partial charge in [-0.1, -0.05) is 0 Å². The van der Waals surface area contributed by atoms with Crippen molar-refractivity contribution >= 4 is 25.8 Å². The highest BCUT2D eigenvalue weighted by Gasteiger charge is 2.53. The molecule has 0 aliphatic carbocycles. The van der Waals surface area contributed by atoms with Gasteiger partial charge in [-0.2, -0.15) is 0 Å². The molecule has 0 aliphatic rings. The van der Waals surface area contributed by atoms with Gasteiger partial charge >= 0.3 is 19.5 Å². The molecule has 9 heteroatoms. The fourth-order valence-electron chi connectivity index (χ4n) is 1.14. The molecule has 92 valence electrons. The van der Waals surface area contributed by atoms with Crippen molar-refractivity contribution in [1.29, 1.82) is 0 Å². The highest BCUT2D eigenvalue weighted by atomic mass is 31.2. The van der Waals surface area contributed by atoms with E-state index in [1.54, 1.807) is 0 Å². The lowest BCUT2D eigenvalue weighted by Gasteiger charge is -2.27. The SMILES string of the molecule is O=CCC(CCC(=O)O)(C(=O)O)P(=O)(O)O. The van der Waals surface area contributed by atoms with Gasteiger partial charge in [-0.15, -0.1) is 0 Å². The average molecular weight is 254 g/mol. The van der Waals surface area contributed by atoms with E-state index < -0.39 is 44.0 Å². The Balaban J connectivity index is 5.27. The number of hydrogen-bond acceptors (Lipinski definition) is 4. The van der Waals surface area contributed by atoms with E-state index in [0.717, 1.165) is 0 Å². The number of rotatable bonds is 7. The molecule has 0 amide bonds. The lowest BCUT2D eigenvalue weighted by Crippen LogP contribution is -2.39. The summed E-state index contributed by atoms with van der Waals surface area (Å²) in [6.07, 6.45) is -2.43. The molecule has 0 rings (SSSR count). The van der Waals surface area contributed by atoms with Crippen LogP contribution in [0, 0.1) is 0 Å². The molecule has 1 unspecified atom stereocenters. The molecule has 0 saturated carbocycles. The standard InChI is InChI=1S/C7H11O8P/c8-4-3-7(6(11)12,16(13,14)15)2-1-5(9)10/h4H,1-3H2,(H,9,10)(H,11,12)(H2,13,14,15). The first kappa shape index (κ1) is 14.8. The van der Waals surface area contributed by atoms with E-state index >= 15 is 0 Å². The van der Waals surface area contributed by atoms with Crippen LogP contribution in [0.1, 0.15) is 19.3 Å². The maximum absolute atomic E-state index is 11.1. The van der Waals surface area contributed by atoms with E-state index in [2.05, 4.69) is 0 Å². The van der Waals surface area contributed by atoms with Crippen molar-refractivity contribution in [1.82, 2.24) is 0 Å². The lowest BCUT2D eigenvalue weighted by molar-refractivity contribution is -0.143. The van der Waals surface area contributed by atoms with E-state index in [-0.39, 0.29) is 6.29 Å². The zero-order valence-corrected chi connectivity index (χ0v) is 8.96. The van der Waals surface area contributed by atoms with Crippen LogP contribution >= 0.6 is 7.60 Å². The third kappa shape index (κ3) is 3.13. The zero-order chi connectivity index (χ0) is 13.0. The summed E-state index contributed by atoms with van der Waals surface area (Å²) in [5.74, 6) is -3.28. The number of carboxylic acid groups (broad SMARTS) is 2. The van der Waals surface area contributed by atoms with Crippen molar-refractivity contribution in [2.24, 2.45) is 0 Å². The van der Waals surface area contributed by atoms with Gasteiger partial charge in [0, 0.05) is 12.8 Å². The second-order valence-corrected chi connectivity index (χ2v) is 5.09. The first-order valence-electron chi connectivity index (χ1n) is 4.12. The third-order valence-corrected chi connectivity index (χ3v) is 3.84. The van der Waals surface area contributed by atoms with Crippen LogP contribution in [-0.4, -0.2) is 43.4 Å². The second kappa shape index (κ2) is 5.20. The fourth-order valence-corrected chi connectivity index (χ4v) is 2.10. The topological polar surface area (TPSA) is 149 Å². The largest absolute Gasteiger partial charge is 0.481 e. The molecule has 0 aromatic carbocycles. The number of carbonyl (C=O) groups is 3. The molecule has 0 heterocycles. The van der Waals surface area contributed by atoms with Crippen molar-refractivity contribution in [3.63, 3.8) is 0 Å². The van der Waals surface area contributed by atoms with Crippen LogP contribution in [0.2, 0.25) is 0 Å². The van der Waals surface area contributed by atoms with Gasteiger partial charge < -0.3 is 24.8 Å². The van der Waals surface area contributed by atoms with Crippen LogP contribution in [0.25, 0.3) is 0 Å². The second-order valence-electron chi connectivity index (χ2n) is 3.15. The van der Waals surface area contributed by atoms with Crippen molar-refractivity contribution in [3.05, 3.63) is 0 Å². The molecule has 0 aliphatic heterocycles. The third-order valence-electron chi connectivity index (χ3n) is 2.13. The molecule has 8 nitrogen and oxygen atoms in total. The van der Waals surface area contributed by atoms with Gasteiger partial charge in [0.05, 0.1) is 0 Å². The summed E-state index contributed by atoms with van der Waals surface area (Å²) in [5, 5.41) is 14.5. The monoisotopic (exact) mass is 254 g/mol. The van der Waals surface area contributed by atoms with Gasteiger partial charge in [0.25, 0.3) is 0 Å². The minimum absolute atomic E-state index is 0.0507. The number of aliphatic carboxylic acids is 2. The Hall–Kier alpha value is -1.24. The van der Waals surface area contributed by atoms with E-state index in [9.17, 15) is 18.9 Å². The summed E-state index contributed by atoms with van der Waals surface area (Å²) < 4.78 is 11.1. The van der Waals surface area contributed by atoms with Crippen molar-refractivity contribution in [2.45, 2.75) is 24.4 Å². The smallest absolute Gasteiger partial charge is 0.343 e. The Morgan fingerprint density at radius 1 is 1.25 bits per heavy atom. The Bertz CT molecular complexity index is 344. The molecule has 16 heavy (non-hydrogen) atoms. The van der Waals surface area contributed by atoms with Crippen LogP contribution in [0.5, 0.6) is 0 Å². The van der Waals surface area contributed by atoms with Gasteiger partial charge in [-0.3, -0.25) is 14.2 Å². The van der Waals surface area contributed by atoms with Crippen molar-refractivity contribution < 1.29 is 38.9 Å². The highest BCUT2D eigenvalue weighted by molar-refractivity contribution is 7.54. The quantitative estimate of drug-likeness (QED) is 0.349. The molecule has 0 bridgehead atoms. The number of aldehydes is 1. The normalized spacial score (nSPS) is 15.1. The Morgan fingerprint density at radius 2 is 1.75 bits per heavy atom. The van der Waals surface area contributed by atoms with Gasteiger partial charge in [-0.05, 0) is 6.42 Å². The molecular weight excluding hydrogens is 243 g/mol. The maximum Gasteiger partial charge on any atom is 0.343 e. The Labute approximate surface area is 90.1 Å². The van der Waals surface area contributed by atoms with Crippen LogP contribution in [-0.2, 0) is 18.9 Å². The average Bonchev–Trinajstić information content (AvgIpc) is 2.09. The summed E-state index contributed by atoms with van der Waals surface area (Å²) >= 11 is 0. The minimum atomic E-state index is -5.13. The van der Waals surface area contributed by atoms with Gasteiger partial charge in [0.15, 0.2) is 5.16 Å². The predicted octanol–water partition coefficient (Wildman–Crippen LogP) is -0.559. The molecular formula is C7H11O8P. The predicted molar refractivity (Wildman–Crippen MR) is 50.0 cm³/mol. The summed E-state index contributed by atoms with van der Waals surface area (Å²) in [6, 6.07) is 0. The molecule has 0 radical (unpaired) electrons. The number of carboxylic acids is 2. The molecule has 0 saturated heterocycles. The van der Waals surface area contributed by atoms with E-state index in [1.807, 2.05) is 0 Å². The maximum atomic E-state index is 11.1. The minimum Gasteiger partial charge on any atom is -0.481 e. The summed E-state index contributed by atoms with van der Waals surface area (Å²) in [5.41, 5.74) is 0. The number of hydrogen-bond donors (Lipinski definition) is 4. The van der Waals surface area contributed by atoms with Gasteiger partial charge in [0.2, 0.25) is 0 Å². The Kier molecular flexibility index (Phi) is 4.80. The molecule has 0 spiro atoms. The summed E-state index contributed by atoms with van der Waals surface area (Å²) in [4.78, 5) is 49.2. The molecule has 0 fully saturated rings. The molecule has 4 N–H and O–H groups in total. The van der Waals surface area contributed by atoms with E-state index in [4.69, 9.17) is 20.0 Å². The van der Waals surface area contributed by atoms with Crippen molar-refractivity contribution in [3.8, 4) is 0 Å². The zero-order valence-electron chi connectivity index (χ0n) is 8.07. The fraction of sp³-hybridized carbons (Fsp3) is 0.571. The van der Waals surface area contributed by atoms with Crippen LogP contribution in [0.15, 0.2) is 0 Å². The highest BCUT2D eigenvalue weighted by Crippen LogP contribution is 2.54. The van der Waals surface area contributed by atoms with Crippen LogP contribution < -0.4 is 0 Å². The first-order valence-corrected chi connectivity index (χ1v) is 5.73. The number of carbonyl (C=O) groups excluding carboxylic acids is 1. The Morgan fingerprint density at radius 3 is 2.00 bits per heavy atom. The molecule has 1 atom stereocenters. The van der Waals surface area contributed by atoms with Crippen LogP contribution in [0.4, 0.5) is 0 Å². The summed E-state index contributed by atoms with van der Waals surface area (Å²) in [7, 11) is -5.13. The van der Waals surface area contributed by atoms with Crippen LogP contribution in [0.3, 0.4) is 0 Å². The van der Waals surface area contributed by atoms with E-state index in [0.29, 0.717) is 0 Å². The van der Waals surface area contributed by atoms with Gasteiger partial charge in [0.1, 0.15) is 6.29 Å². The first-order chi connectivity index (χ1) is 7.17. The van der Waals surface area contributed by atoms with Crippen molar-refractivity contribution in [2.75, 3.05) is 0 Å². The molecule has 0 aromatic rings. The summed E-state index contributed by atoms with van der Waals surface area (Å²) in [6.45, 7) is 0. The lowest BCUT2D eigenvalue weighted by atomic mass is 9.99. The molecule has 0 aromatic heterocycles. The van der Waals surface area contributed by atoms with E-state index in [1.165, 1.54) is 0 Å². The van der Waals surface area contributed by atoms with Gasteiger partial charge in [-0.25, -0.2) is 0 Å².